The highest BCUT2D eigenvalue weighted by molar-refractivity contribution is 7.89. The van der Waals surface area contributed by atoms with Gasteiger partial charge in [0, 0.05) is 13.2 Å². The van der Waals surface area contributed by atoms with E-state index in [0.717, 1.165) is 12.8 Å². The van der Waals surface area contributed by atoms with E-state index >= 15 is 0 Å². The Morgan fingerprint density at radius 2 is 2.15 bits per heavy atom. The third kappa shape index (κ3) is 3.18. The zero-order valence-corrected chi connectivity index (χ0v) is 12.4. The molecule has 20 heavy (non-hydrogen) atoms. The number of benzene rings is 1. The predicted molar refractivity (Wildman–Crippen MR) is 74.7 cm³/mol. The van der Waals surface area contributed by atoms with E-state index in [4.69, 9.17) is 10.00 Å². The van der Waals surface area contributed by atoms with Crippen LogP contribution in [0.2, 0.25) is 0 Å². The van der Waals surface area contributed by atoms with Crippen molar-refractivity contribution in [2.45, 2.75) is 43.2 Å². The Bertz CT molecular complexity index is 634. The standard InChI is InChI=1S/C14H18N2O3S/c1-10-3-4-11(9-15)7-14(10)20(17,18)16-12-5-6-13(8-12)19-2/h3-4,7,12-13,16H,5-6,8H2,1-2H3. The first kappa shape index (κ1) is 15.0. The molecule has 0 spiro atoms. The van der Waals surface area contributed by atoms with Crippen LogP contribution in [-0.2, 0) is 14.8 Å². The summed E-state index contributed by atoms with van der Waals surface area (Å²) in [6.07, 6.45) is 2.44. The second-order valence-electron chi connectivity index (χ2n) is 5.08. The quantitative estimate of drug-likeness (QED) is 0.917. The van der Waals surface area contributed by atoms with E-state index in [1.807, 2.05) is 6.07 Å². The molecular weight excluding hydrogens is 276 g/mol. The van der Waals surface area contributed by atoms with Gasteiger partial charge in [0.15, 0.2) is 0 Å². The molecule has 0 amide bonds. The van der Waals surface area contributed by atoms with Gasteiger partial charge >= 0.3 is 0 Å². The van der Waals surface area contributed by atoms with Crippen molar-refractivity contribution in [3.63, 3.8) is 0 Å². The van der Waals surface area contributed by atoms with Crippen molar-refractivity contribution < 1.29 is 13.2 Å². The molecule has 5 nitrogen and oxygen atoms in total. The number of methoxy groups -OCH3 is 1. The van der Waals surface area contributed by atoms with Gasteiger partial charge in [0.25, 0.3) is 0 Å². The topological polar surface area (TPSA) is 79.2 Å². The molecule has 1 aliphatic carbocycles. The fourth-order valence-corrected chi connectivity index (χ4v) is 4.06. The van der Waals surface area contributed by atoms with Gasteiger partial charge in [-0.25, -0.2) is 13.1 Å². The number of nitrogens with one attached hydrogen (secondary N) is 1. The van der Waals surface area contributed by atoms with Crippen LogP contribution in [-0.4, -0.2) is 27.7 Å². The highest BCUT2D eigenvalue weighted by Crippen LogP contribution is 2.24. The van der Waals surface area contributed by atoms with Crippen molar-refractivity contribution >= 4 is 10.0 Å². The smallest absolute Gasteiger partial charge is 0.241 e. The van der Waals surface area contributed by atoms with E-state index in [-0.39, 0.29) is 17.0 Å². The lowest BCUT2D eigenvalue weighted by Gasteiger charge is -2.15. The van der Waals surface area contributed by atoms with Gasteiger partial charge in [-0.1, -0.05) is 6.07 Å². The highest BCUT2D eigenvalue weighted by atomic mass is 32.2. The molecule has 108 valence electrons. The molecule has 1 aliphatic rings. The van der Waals surface area contributed by atoms with Gasteiger partial charge < -0.3 is 4.74 Å². The lowest BCUT2D eigenvalue weighted by atomic mass is 10.2. The van der Waals surface area contributed by atoms with Crippen molar-refractivity contribution in [3.05, 3.63) is 29.3 Å². The number of hydrogen-bond donors (Lipinski definition) is 1. The van der Waals surface area contributed by atoms with Crippen LogP contribution in [0.4, 0.5) is 0 Å². The van der Waals surface area contributed by atoms with Crippen LogP contribution in [0.25, 0.3) is 0 Å². The molecule has 0 aliphatic heterocycles. The molecule has 2 rings (SSSR count). The second kappa shape index (κ2) is 5.92. The second-order valence-corrected chi connectivity index (χ2v) is 6.76. The Labute approximate surface area is 119 Å². The number of rotatable bonds is 4. The molecule has 1 N–H and O–H groups in total. The molecule has 0 saturated heterocycles. The van der Waals surface area contributed by atoms with E-state index in [0.29, 0.717) is 17.5 Å². The van der Waals surface area contributed by atoms with Crippen LogP contribution < -0.4 is 4.72 Å². The zero-order chi connectivity index (χ0) is 14.8. The van der Waals surface area contributed by atoms with Crippen molar-refractivity contribution in [1.29, 1.82) is 5.26 Å². The lowest BCUT2D eigenvalue weighted by Crippen LogP contribution is -2.33. The number of aryl methyl sites for hydroxylation is 1. The molecule has 2 unspecified atom stereocenters. The summed E-state index contributed by atoms with van der Waals surface area (Å²) >= 11 is 0. The van der Waals surface area contributed by atoms with Crippen LogP contribution in [0.5, 0.6) is 0 Å². The minimum atomic E-state index is -3.60. The Hall–Kier alpha value is -1.42. The maximum absolute atomic E-state index is 12.4. The van der Waals surface area contributed by atoms with Gasteiger partial charge in [-0.05, 0) is 43.9 Å². The molecule has 2 atom stereocenters. The third-order valence-corrected chi connectivity index (χ3v) is 5.31. The molecule has 0 radical (unpaired) electrons. The highest BCUT2D eigenvalue weighted by Gasteiger charge is 2.29. The molecule has 6 heteroatoms. The van der Waals surface area contributed by atoms with E-state index in [1.165, 1.54) is 6.07 Å². The fraction of sp³-hybridized carbons (Fsp3) is 0.500. The van der Waals surface area contributed by atoms with E-state index < -0.39 is 10.0 Å². The number of sulfonamides is 1. The summed E-state index contributed by atoms with van der Waals surface area (Å²) in [5.41, 5.74) is 0.981. The largest absolute Gasteiger partial charge is 0.381 e. The molecule has 0 heterocycles. The maximum Gasteiger partial charge on any atom is 0.241 e. The van der Waals surface area contributed by atoms with Crippen molar-refractivity contribution in [3.8, 4) is 6.07 Å². The Kier molecular flexibility index (Phi) is 4.43. The number of nitriles is 1. The summed E-state index contributed by atoms with van der Waals surface area (Å²) in [5.74, 6) is 0. The first-order valence-corrected chi connectivity index (χ1v) is 8.00. The number of ether oxygens (including phenoxy) is 1. The molecule has 1 aromatic carbocycles. The van der Waals surface area contributed by atoms with Gasteiger partial charge in [0.05, 0.1) is 22.6 Å². The monoisotopic (exact) mass is 294 g/mol. The number of nitrogens with zero attached hydrogens (tertiary/aromatic N) is 1. The summed E-state index contributed by atoms with van der Waals surface area (Å²) in [4.78, 5) is 0.178. The number of hydrogen-bond acceptors (Lipinski definition) is 4. The van der Waals surface area contributed by atoms with Crippen molar-refractivity contribution in [1.82, 2.24) is 4.72 Å². The maximum atomic E-state index is 12.4. The summed E-state index contributed by atoms with van der Waals surface area (Å²) in [7, 11) is -1.95. The van der Waals surface area contributed by atoms with Crippen molar-refractivity contribution in [2.24, 2.45) is 0 Å². The SMILES string of the molecule is COC1CCC(NS(=O)(=O)c2cc(C#N)ccc2C)C1. The van der Waals surface area contributed by atoms with E-state index in [2.05, 4.69) is 4.72 Å². The molecule has 1 fully saturated rings. The van der Waals surface area contributed by atoms with Gasteiger partial charge in [-0.3, -0.25) is 0 Å². The average molecular weight is 294 g/mol. The first-order chi connectivity index (χ1) is 9.46. The average Bonchev–Trinajstić information content (AvgIpc) is 2.86. The van der Waals surface area contributed by atoms with Crippen LogP contribution in [0.15, 0.2) is 23.1 Å². The molecule has 0 aromatic heterocycles. The predicted octanol–water partition coefficient (Wildman–Crippen LogP) is 1.71. The first-order valence-electron chi connectivity index (χ1n) is 6.52. The van der Waals surface area contributed by atoms with Gasteiger partial charge in [0.1, 0.15) is 0 Å². The zero-order valence-electron chi connectivity index (χ0n) is 11.6. The fourth-order valence-electron chi connectivity index (χ4n) is 2.50. The van der Waals surface area contributed by atoms with Crippen LogP contribution in [0.1, 0.15) is 30.4 Å². The molecular formula is C14H18N2O3S. The molecule has 0 bridgehead atoms. The summed E-state index contributed by atoms with van der Waals surface area (Å²) < 4.78 is 32.8. The van der Waals surface area contributed by atoms with Crippen LogP contribution in [0.3, 0.4) is 0 Å². The van der Waals surface area contributed by atoms with Gasteiger partial charge in [-0.2, -0.15) is 5.26 Å². The van der Waals surface area contributed by atoms with Gasteiger partial charge in [-0.15, -0.1) is 0 Å². The minimum Gasteiger partial charge on any atom is -0.381 e. The Balaban J connectivity index is 2.21. The minimum absolute atomic E-state index is 0.102. The molecule has 1 saturated carbocycles. The van der Waals surface area contributed by atoms with Crippen LogP contribution >= 0.6 is 0 Å². The summed E-state index contributed by atoms with van der Waals surface area (Å²) in [6.45, 7) is 1.72. The summed E-state index contributed by atoms with van der Waals surface area (Å²) in [6, 6.07) is 6.55. The Morgan fingerprint density at radius 3 is 2.75 bits per heavy atom. The van der Waals surface area contributed by atoms with Gasteiger partial charge in [0.2, 0.25) is 10.0 Å². The normalized spacial score (nSPS) is 22.6. The Morgan fingerprint density at radius 1 is 1.40 bits per heavy atom. The van der Waals surface area contributed by atoms with Crippen molar-refractivity contribution in [2.75, 3.05) is 7.11 Å². The van der Waals surface area contributed by atoms with E-state index in [9.17, 15) is 8.42 Å². The summed E-state index contributed by atoms with van der Waals surface area (Å²) in [5, 5.41) is 8.89. The van der Waals surface area contributed by atoms with Crippen LogP contribution in [0, 0.1) is 18.3 Å². The van der Waals surface area contributed by atoms with E-state index in [1.54, 1.807) is 26.2 Å². The molecule has 1 aromatic rings. The third-order valence-electron chi connectivity index (χ3n) is 3.65. The lowest BCUT2D eigenvalue weighted by molar-refractivity contribution is 0.107.